The van der Waals surface area contributed by atoms with E-state index in [0.29, 0.717) is 5.41 Å². The van der Waals surface area contributed by atoms with E-state index in [0.717, 1.165) is 6.54 Å². The third kappa shape index (κ3) is 2.54. The summed E-state index contributed by atoms with van der Waals surface area (Å²) in [4.78, 5) is 7.17. The van der Waals surface area contributed by atoms with Gasteiger partial charge in [0.15, 0.2) is 0 Å². The molecule has 2 saturated heterocycles. The molecule has 2 fully saturated rings. The van der Waals surface area contributed by atoms with Crippen LogP contribution in [-0.4, -0.2) is 36.1 Å². The van der Waals surface area contributed by atoms with Crippen molar-refractivity contribution in [1.82, 2.24) is 15.2 Å². The lowest BCUT2D eigenvalue weighted by atomic mass is 9.78. The fraction of sp³-hybridized carbons (Fsp3) is 0.769. The van der Waals surface area contributed by atoms with Crippen molar-refractivity contribution in [2.75, 3.05) is 26.2 Å². The number of hydrogen-bond acceptors (Lipinski definition) is 4. The van der Waals surface area contributed by atoms with E-state index in [1.807, 2.05) is 0 Å². The Hall–Kier alpha value is -0.450. The van der Waals surface area contributed by atoms with Crippen LogP contribution < -0.4 is 5.32 Å². The highest BCUT2D eigenvalue weighted by Crippen LogP contribution is 2.39. The molecule has 3 rings (SSSR count). The first-order valence-corrected chi connectivity index (χ1v) is 7.48. The summed E-state index contributed by atoms with van der Waals surface area (Å²) in [6.45, 7) is 8.12. The second kappa shape index (κ2) is 4.67. The minimum Gasteiger partial charge on any atom is -0.317 e. The minimum absolute atomic E-state index is 0.623. The Morgan fingerprint density at radius 1 is 1.41 bits per heavy atom. The second-order valence-electron chi connectivity index (χ2n) is 5.59. The normalized spacial score (nSPS) is 24.5. The summed E-state index contributed by atoms with van der Waals surface area (Å²) in [6.07, 6.45) is 4.11. The monoisotopic (exact) mass is 251 g/mol. The van der Waals surface area contributed by atoms with Gasteiger partial charge in [0.05, 0.1) is 6.54 Å². The SMILES string of the molecule is Cc1csc(CN2CCC3(CCNCC3)C2)n1. The molecule has 1 spiro atoms. The number of nitrogens with zero attached hydrogens (tertiary/aromatic N) is 2. The van der Waals surface area contributed by atoms with Gasteiger partial charge in [0.25, 0.3) is 0 Å². The maximum atomic E-state index is 4.57. The smallest absolute Gasteiger partial charge is 0.107 e. The zero-order chi connectivity index (χ0) is 11.7. The van der Waals surface area contributed by atoms with Gasteiger partial charge in [-0.05, 0) is 51.2 Å². The molecule has 2 aliphatic heterocycles. The number of aryl methyl sites for hydroxylation is 1. The van der Waals surface area contributed by atoms with E-state index in [-0.39, 0.29) is 0 Å². The average molecular weight is 251 g/mol. The van der Waals surface area contributed by atoms with E-state index in [4.69, 9.17) is 0 Å². The minimum atomic E-state index is 0.623. The third-order valence-electron chi connectivity index (χ3n) is 4.21. The summed E-state index contributed by atoms with van der Waals surface area (Å²) in [5.74, 6) is 0. The van der Waals surface area contributed by atoms with Crippen LogP contribution in [0.1, 0.15) is 30.0 Å². The summed E-state index contributed by atoms with van der Waals surface area (Å²) < 4.78 is 0. The summed E-state index contributed by atoms with van der Waals surface area (Å²) in [5.41, 5.74) is 1.79. The fourth-order valence-electron chi connectivity index (χ4n) is 3.19. The quantitative estimate of drug-likeness (QED) is 0.872. The lowest BCUT2D eigenvalue weighted by molar-refractivity contribution is 0.194. The lowest BCUT2D eigenvalue weighted by Gasteiger charge is -2.33. The zero-order valence-electron chi connectivity index (χ0n) is 10.5. The molecule has 3 heterocycles. The maximum Gasteiger partial charge on any atom is 0.107 e. The van der Waals surface area contributed by atoms with Crippen molar-refractivity contribution in [3.63, 3.8) is 0 Å². The number of aromatic nitrogens is 1. The van der Waals surface area contributed by atoms with Crippen LogP contribution in [0, 0.1) is 12.3 Å². The predicted octanol–water partition coefficient (Wildman–Crippen LogP) is 2.03. The lowest BCUT2D eigenvalue weighted by Crippen LogP contribution is -2.38. The van der Waals surface area contributed by atoms with Crippen molar-refractivity contribution in [3.05, 3.63) is 16.1 Å². The van der Waals surface area contributed by atoms with Gasteiger partial charge in [-0.15, -0.1) is 11.3 Å². The van der Waals surface area contributed by atoms with Crippen molar-refractivity contribution >= 4 is 11.3 Å². The Morgan fingerprint density at radius 2 is 2.24 bits per heavy atom. The standard InChI is InChI=1S/C13H21N3S/c1-11-9-17-12(15-11)8-16-7-4-13(10-16)2-5-14-6-3-13/h9,14H,2-8,10H2,1H3. The van der Waals surface area contributed by atoms with Crippen LogP contribution in [0.5, 0.6) is 0 Å². The third-order valence-corrected chi connectivity index (χ3v) is 5.16. The highest BCUT2D eigenvalue weighted by Gasteiger charge is 2.38. The Labute approximate surface area is 107 Å². The van der Waals surface area contributed by atoms with E-state index in [2.05, 4.69) is 27.5 Å². The summed E-state index contributed by atoms with van der Waals surface area (Å²) in [6, 6.07) is 0. The van der Waals surface area contributed by atoms with Gasteiger partial charge in [0.2, 0.25) is 0 Å². The van der Waals surface area contributed by atoms with Gasteiger partial charge in [-0.2, -0.15) is 0 Å². The Morgan fingerprint density at radius 3 is 2.94 bits per heavy atom. The Kier molecular flexibility index (Phi) is 3.19. The fourth-order valence-corrected chi connectivity index (χ4v) is 4.01. The molecule has 2 aliphatic rings. The number of rotatable bonds is 2. The molecule has 0 aromatic carbocycles. The first kappa shape index (κ1) is 11.6. The van der Waals surface area contributed by atoms with Gasteiger partial charge in [-0.25, -0.2) is 4.98 Å². The van der Waals surface area contributed by atoms with E-state index in [1.165, 1.54) is 56.1 Å². The zero-order valence-corrected chi connectivity index (χ0v) is 11.4. The van der Waals surface area contributed by atoms with Crippen LogP contribution >= 0.6 is 11.3 Å². The first-order valence-electron chi connectivity index (χ1n) is 6.60. The molecule has 3 nitrogen and oxygen atoms in total. The Balaban J connectivity index is 1.60. The van der Waals surface area contributed by atoms with Crippen LogP contribution in [0.2, 0.25) is 0 Å². The van der Waals surface area contributed by atoms with Crippen molar-refractivity contribution in [3.8, 4) is 0 Å². The number of thiazole rings is 1. The first-order chi connectivity index (χ1) is 8.26. The van der Waals surface area contributed by atoms with Gasteiger partial charge < -0.3 is 5.32 Å². The molecule has 0 radical (unpaired) electrons. The van der Waals surface area contributed by atoms with E-state index in [1.54, 1.807) is 11.3 Å². The molecule has 0 amide bonds. The summed E-state index contributed by atoms with van der Waals surface area (Å²) >= 11 is 1.81. The van der Waals surface area contributed by atoms with Crippen molar-refractivity contribution < 1.29 is 0 Å². The highest BCUT2D eigenvalue weighted by atomic mass is 32.1. The van der Waals surface area contributed by atoms with E-state index >= 15 is 0 Å². The van der Waals surface area contributed by atoms with Crippen molar-refractivity contribution in [2.45, 2.75) is 32.7 Å². The van der Waals surface area contributed by atoms with Crippen LogP contribution in [0.25, 0.3) is 0 Å². The summed E-state index contributed by atoms with van der Waals surface area (Å²) in [7, 11) is 0. The van der Waals surface area contributed by atoms with Gasteiger partial charge in [0, 0.05) is 17.6 Å². The molecule has 0 unspecified atom stereocenters. The van der Waals surface area contributed by atoms with Crippen molar-refractivity contribution in [2.24, 2.45) is 5.41 Å². The average Bonchev–Trinajstić information content (AvgIpc) is 2.89. The molecule has 1 aromatic rings. The predicted molar refractivity (Wildman–Crippen MR) is 71.3 cm³/mol. The molecule has 1 aromatic heterocycles. The molecule has 17 heavy (non-hydrogen) atoms. The molecule has 0 saturated carbocycles. The van der Waals surface area contributed by atoms with Crippen LogP contribution in [0.4, 0.5) is 0 Å². The molecular weight excluding hydrogens is 230 g/mol. The van der Waals surface area contributed by atoms with E-state index in [9.17, 15) is 0 Å². The molecule has 0 aliphatic carbocycles. The number of nitrogens with one attached hydrogen (secondary N) is 1. The largest absolute Gasteiger partial charge is 0.317 e. The van der Waals surface area contributed by atoms with E-state index < -0.39 is 0 Å². The van der Waals surface area contributed by atoms with Gasteiger partial charge in [-0.3, -0.25) is 4.90 Å². The number of likely N-dealkylation sites (tertiary alicyclic amines) is 1. The van der Waals surface area contributed by atoms with Crippen LogP contribution in [-0.2, 0) is 6.54 Å². The molecule has 0 bridgehead atoms. The number of hydrogen-bond donors (Lipinski definition) is 1. The molecule has 4 heteroatoms. The summed E-state index contributed by atoms with van der Waals surface area (Å²) in [5, 5.41) is 6.92. The van der Waals surface area contributed by atoms with Crippen LogP contribution in [0.3, 0.4) is 0 Å². The van der Waals surface area contributed by atoms with Gasteiger partial charge in [-0.1, -0.05) is 0 Å². The molecule has 94 valence electrons. The molecule has 1 N–H and O–H groups in total. The highest BCUT2D eigenvalue weighted by molar-refractivity contribution is 7.09. The molecule has 0 atom stereocenters. The topological polar surface area (TPSA) is 28.2 Å². The number of piperidine rings is 1. The van der Waals surface area contributed by atoms with Crippen molar-refractivity contribution in [1.29, 1.82) is 0 Å². The van der Waals surface area contributed by atoms with Gasteiger partial charge in [0.1, 0.15) is 5.01 Å². The second-order valence-corrected chi connectivity index (χ2v) is 6.54. The molecular formula is C13H21N3S. The maximum absolute atomic E-state index is 4.57. The van der Waals surface area contributed by atoms with Gasteiger partial charge >= 0.3 is 0 Å². The van der Waals surface area contributed by atoms with Crippen LogP contribution in [0.15, 0.2) is 5.38 Å². The Bertz CT molecular complexity index is 382.